The first-order chi connectivity index (χ1) is 10.7. The highest BCUT2D eigenvalue weighted by Gasteiger charge is 2.59. The highest BCUT2D eigenvalue weighted by Crippen LogP contribution is 2.65. The number of rotatable bonds is 2. The van der Waals surface area contributed by atoms with Crippen LogP contribution in [0.3, 0.4) is 0 Å². The summed E-state index contributed by atoms with van der Waals surface area (Å²) in [7, 11) is 0. The van der Waals surface area contributed by atoms with E-state index in [0.717, 1.165) is 19.3 Å². The topological polar surface area (TPSA) is 57.5 Å². The first kappa shape index (κ1) is 16.9. The molecule has 0 spiro atoms. The number of carbonyl (C=O) groups excluding carboxylic acids is 1. The largest absolute Gasteiger partial charge is 0.392 e. The Kier molecular flexibility index (Phi) is 4.09. The lowest BCUT2D eigenvalue weighted by Gasteiger charge is -2.54. The zero-order valence-corrected chi connectivity index (χ0v) is 14.6. The molecule has 2 fully saturated rings. The van der Waals surface area contributed by atoms with Crippen molar-refractivity contribution < 1.29 is 15.0 Å². The van der Waals surface area contributed by atoms with Crippen LogP contribution in [0, 0.1) is 28.6 Å². The van der Waals surface area contributed by atoms with Crippen molar-refractivity contribution in [2.75, 3.05) is 6.61 Å². The maximum atomic E-state index is 12.5. The van der Waals surface area contributed by atoms with Crippen LogP contribution in [0.2, 0.25) is 0 Å². The Morgan fingerprint density at radius 3 is 2.52 bits per heavy atom. The summed E-state index contributed by atoms with van der Waals surface area (Å²) in [6.07, 6.45) is 5.83. The molecule has 0 saturated heterocycles. The van der Waals surface area contributed by atoms with Crippen molar-refractivity contribution in [3.63, 3.8) is 0 Å². The Balaban J connectivity index is 2.07. The predicted molar refractivity (Wildman–Crippen MR) is 90.8 cm³/mol. The van der Waals surface area contributed by atoms with Gasteiger partial charge in [0.2, 0.25) is 0 Å². The van der Waals surface area contributed by atoms with Crippen molar-refractivity contribution in [3.05, 3.63) is 23.8 Å². The number of Topliss-reactive ketones (excluding diaryl/α,β-unsaturated/α-hetero) is 1. The Labute approximate surface area is 139 Å². The van der Waals surface area contributed by atoms with Gasteiger partial charge >= 0.3 is 0 Å². The van der Waals surface area contributed by atoms with Gasteiger partial charge in [0.15, 0.2) is 5.78 Å². The molecule has 3 heteroatoms. The minimum absolute atomic E-state index is 0.00465. The minimum atomic E-state index is -0.654. The van der Waals surface area contributed by atoms with Crippen LogP contribution in [0.25, 0.3) is 0 Å². The van der Waals surface area contributed by atoms with Gasteiger partial charge in [0.25, 0.3) is 0 Å². The van der Waals surface area contributed by atoms with Crippen LogP contribution in [0.4, 0.5) is 0 Å². The van der Waals surface area contributed by atoms with E-state index >= 15 is 0 Å². The molecule has 0 aromatic heterocycles. The van der Waals surface area contributed by atoms with Gasteiger partial charge in [-0.1, -0.05) is 26.0 Å². The highest BCUT2D eigenvalue weighted by molar-refractivity contribution is 5.96. The van der Waals surface area contributed by atoms with Crippen molar-refractivity contribution >= 4 is 5.78 Å². The molecule has 3 aliphatic carbocycles. The van der Waals surface area contributed by atoms with Crippen molar-refractivity contribution in [1.29, 1.82) is 0 Å². The summed E-state index contributed by atoms with van der Waals surface area (Å²) in [5.41, 5.74) is 1.64. The van der Waals surface area contributed by atoms with Crippen LogP contribution in [-0.4, -0.2) is 28.7 Å². The van der Waals surface area contributed by atoms with Gasteiger partial charge in [0.05, 0.1) is 12.7 Å². The third-order valence-electron chi connectivity index (χ3n) is 7.19. The highest BCUT2D eigenvalue weighted by atomic mass is 16.3. The molecule has 23 heavy (non-hydrogen) atoms. The van der Waals surface area contributed by atoms with Gasteiger partial charge in [0.1, 0.15) is 0 Å². The standard InChI is InChI=1S/C20H30O3/c1-12(2)14-5-6-19(3)7-8-20(4)10-16(23)13(11-21)9-15(22)18(20)17(14)19/h9,14-15,17-18,21-22H,1,5-8,10-11H2,2-4H3/t14?,15-,17+,18+,19+,20-/m0/s1. The van der Waals surface area contributed by atoms with Crippen molar-refractivity contribution in [1.82, 2.24) is 0 Å². The summed E-state index contributed by atoms with van der Waals surface area (Å²) in [5, 5.41) is 20.4. The van der Waals surface area contributed by atoms with Crippen LogP contribution >= 0.6 is 0 Å². The second-order valence-corrected chi connectivity index (χ2v) is 8.79. The van der Waals surface area contributed by atoms with E-state index in [2.05, 4.69) is 27.4 Å². The minimum Gasteiger partial charge on any atom is -0.392 e. The number of carbonyl (C=O) groups is 1. The van der Waals surface area contributed by atoms with Crippen LogP contribution in [0.1, 0.15) is 52.9 Å². The van der Waals surface area contributed by atoms with Crippen LogP contribution < -0.4 is 0 Å². The van der Waals surface area contributed by atoms with Crippen molar-refractivity contribution in [2.24, 2.45) is 28.6 Å². The van der Waals surface area contributed by atoms with E-state index in [0.29, 0.717) is 23.8 Å². The molecule has 0 bridgehead atoms. The van der Waals surface area contributed by atoms with Crippen molar-refractivity contribution in [3.8, 4) is 0 Å². The normalized spacial score (nSPS) is 46.7. The van der Waals surface area contributed by atoms with E-state index in [4.69, 9.17) is 0 Å². The Morgan fingerprint density at radius 2 is 1.91 bits per heavy atom. The molecule has 3 nitrogen and oxygen atoms in total. The Hall–Kier alpha value is -0.930. The fourth-order valence-electron chi connectivity index (χ4n) is 5.87. The SMILES string of the molecule is C=C(C)C1CC[C@]2(C)CC[C@@]3(C)CC(=O)C(CO)=C[C@H](O)[C@@H]3[C@@H]12. The number of aliphatic hydroxyl groups is 2. The van der Waals surface area contributed by atoms with Crippen LogP contribution in [0.5, 0.6) is 0 Å². The number of aliphatic hydroxyl groups excluding tert-OH is 2. The molecule has 0 aliphatic heterocycles. The molecule has 0 aromatic carbocycles. The first-order valence-electron chi connectivity index (χ1n) is 8.90. The number of ketones is 1. The van der Waals surface area contributed by atoms with Crippen molar-refractivity contribution in [2.45, 2.75) is 59.0 Å². The lowest BCUT2D eigenvalue weighted by atomic mass is 9.50. The van der Waals surface area contributed by atoms with E-state index in [-0.39, 0.29) is 29.1 Å². The van der Waals surface area contributed by atoms with Gasteiger partial charge in [-0.2, -0.15) is 0 Å². The molecular weight excluding hydrogens is 288 g/mol. The zero-order chi connectivity index (χ0) is 17.0. The molecule has 6 atom stereocenters. The molecule has 2 N–H and O–H groups in total. The average molecular weight is 318 g/mol. The van der Waals surface area contributed by atoms with Gasteiger partial charge in [0, 0.05) is 12.0 Å². The lowest BCUT2D eigenvalue weighted by Crippen LogP contribution is -2.51. The molecule has 128 valence electrons. The predicted octanol–water partition coefficient (Wildman–Crippen LogP) is 3.26. The van der Waals surface area contributed by atoms with E-state index in [1.807, 2.05) is 0 Å². The first-order valence-corrected chi connectivity index (χ1v) is 8.90. The van der Waals surface area contributed by atoms with E-state index in [1.54, 1.807) is 6.08 Å². The lowest BCUT2D eigenvalue weighted by molar-refractivity contribution is -0.124. The quantitative estimate of drug-likeness (QED) is 0.768. The second-order valence-electron chi connectivity index (χ2n) is 8.79. The van der Waals surface area contributed by atoms with E-state index in [9.17, 15) is 15.0 Å². The van der Waals surface area contributed by atoms with Gasteiger partial charge in [-0.25, -0.2) is 0 Å². The van der Waals surface area contributed by atoms with Gasteiger partial charge in [-0.05, 0) is 67.3 Å². The molecule has 0 aromatic rings. The maximum absolute atomic E-state index is 12.5. The number of allylic oxidation sites excluding steroid dienone is 1. The maximum Gasteiger partial charge on any atom is 0.161 e. The molecule has 3 aliphatic rings. The molecule has 0 amide bonds. The molecule has 2 saturated carbocycles. The molecular formula is C20H30O3. The second kappa shape index (κ2) is 5.56. The third-order valence-corrected chi connectivity index (χ3v) is 7.19. The third kappa shape index (κ3) is 2.53. The molecule has 0 heterocycles. The number of fused-ring (bicyclic) bond motifs is 3. The van der Waals surface area contributed by atoms with Gasteiger partial charge < -0.3 is 10.2 Å². The molecule has 0 radical (unpaired) electrons. The number of hydrogen-bond acceptors (Lipinski definition) is 3. The van der Waals surface area contributed by atoms with Gasteiger partial charge in [-0.3, -0.25) is 4.79 Å². The summed E-state index contributed by atoms with van der Waals surface area (Å²) >= 11 is 0. The van der Waals surface area contributed by atoms with E-state index < -0.39 is 6.10 Å². The monoisotopic (exact) mass is 318 g/mol. The van der Waals surface area contributed by atoms with Gasteiger partial charge in [-0.15, -0.1) is 0 Å². The summed E-state index contributed by atoms with van der Waals surface area (Å²) in [4.78, 5) is 12.5. The molecule has 3 rings (SSSR count). The fourth-order valence-corrected chi connectivity index (χ4v) is 5.87. The average Bonchev–Trinajstić information content (AvgIpc) is 2.77. The summed E-state index contributed by atoms with van der Waals surface area (Å²) in [6.45, 7) is 10.6. The summed E-state index contributed by atoms with van der Waals surface area (Å²) < 4.78 is 0. The van der Waals surface area contributed by atoms with Crippen LogP contribution in [0.15, 0.2) is 23.8 Å². The molecule has 1 unspecified atom stereocenters. The Morgan fingerprint density at radius 1 is 1.26 bits per heavy atom. The smallest absolute Gasteiger partial charge is 0.161 e. The number of hydrogen-bond donors (Lipinski definition) is 2. The Bertz CT molecular complexity index is 563. The summed E-state index contributed by atoms with van der Waals surface area (Å²) in [5.74, 6) is 0.873. The van der Waals surface area contributed by atoms with E-state index in [1.165, 1.54) is 12.0 Å². The summed E-state index contributed by atoms with van der Waals surface area (Å²) in [6, 6.07) is 0. The fraction of sp³-hybridized carbons (Fsp3) is 0.750. The van der Waals surface area contributed by atoms with Crippen LogP contribution in [-0.2, 0) is 4.79 Å². The zero-order valence-electron chi connectivity index (χ0n) is 14.6.